The number of ether oxygens (including phenoxy) is 1. The van der Waals surface area contributed by atoms with Gasteiger partial charge in [0.25, 0.3) is 0 Å². The monoisotopic (exact) mass is 323 g/mol. The first-order valence-corrected chi connectivity index (χ1v) is 5.78. The lowest BCUT2D eigenvalue weighted by Gasteiger charge is -2.08. The maximum atomic E-state index is 12.0. The summed E-state index contributed by atoms with van der Waals surface area (Å²) in [6.07, 6.45) is 0. The number of alkyl halides is 2. The van der Waals surface area contributed by atoms with Crippen LogP contribution in [0.5, 0.6) is 5.75 Å². The fourth-order valence-corrected chi connectivity index (χ4v) is 1.35. The summed E-state index contributed by atoms with van der Waals surface area (Å²) in [6.45, 7) is -3.15. The zero-order chi connectivity index (χ0) is 15.0. The second-order valence-electron chi connectivity index (χ2n) is 3.78. The summed E-state index contributed by atoms with van der Waals surface area (Å²) in [7, 11) is 0. The second kappa shape index (κ2) is 9.89. The molecule has 0 spiro atoms. The van der Waals surface area contributed by atoms with Crippen molar-refractivity contribution in [2.75, 3.05) is 13.1 Å². The number of nitrogens with one attached hydrogen (secondary N) is 2. The van der Waals surface area contributed by atoms with Gasteiger partial charge in [-0.3, -0.25) is 9.59 Å². The first kappa shape index (κ1) is 19.1. The minimum absolute atomic E-state index is 0. The number of benzene rings is 1. The van der Waals surface area contributed by atoms with Crippen LogP contribution in [0.4, 0.5) is 8.78 Å². The maximum absolute atomic E-state index is 12.0. The van der Waals surface area contributed by atoms with E-state index in [-0.39, 0.29) is 37.8 Å². The van der Waals surface area contributed by atoms with Gasteiger partial charge in [-0.15, -0.1) is 12.4 Å². The van der Waals surface area contributed by atoms with Crippen LogP contribution in [0, 0.1) is 0 Å². The molecule has 1 aromatic rings. The third kappa shape index (κ3) is 8.05. The Labute approximate surface area is 126 Å². The van der Waals surface area contributed by atoms with Crippen molar-refractivity contribution in [1.29, 1.82) is 0 Å². The minimum Gasteiger partial charge on any atom is -0.435 e. The van der Waals surface area contributed by atoms with Gasteiger partial charge in [-0.1, -0.05) is 12.1 Å². The molecule has 6 nitrogen and oxygen atoms in total. The molecule has 0 bridgehead atoms. The molecule has 0 aliphatic rings. The molecule has 1 aromatic carbocycles. The Morgan fingerprint density at radius 1 is 1.24 bits per heavy atom. The molecule has 0 fully saturated rings. The predicted octanol–water partition coefficient (Wildman–Crippen LogP) is 0.401. The van der Waals surface area contributed by atoms with Crippen LogP contribution in [0.25, 0.3) is 0 Å². The molecule has 0 aliphatic carbocycles. The van der Waals surface area contributed by atoms with E-state index in [4.69, 9.17) is 5.73 Å². The van der Waals surface area contributed by atoms with E-state index in [0.717, 1.165) is 0 Å². The van der Waals surface area contributed by atoms with Gasteiger partial charge in [0.1, 0.15) is 5.75 Å². The van der Waals surface area contributed by atoms with Gasteiger partial charge in [0.2, 0.25) is 11.8 Å². The van der Waals surface area contributed by atoms with Crippen molar-refractivity contribution in [3.63, 3.8) is 0 Å². The summed E-state index contributed by atoms with van der Waals surface area (Å²) in [5, 5.41) is 4.83. The topological polar surface area (TPSA) is 93.5 Å². The standard InChI is InChI=1S/C12H15F2N3O3.ClH/c13-12(14)20-9-3-1-2-8(4-9)6-16-11(19)7-17-10(18)5-15;/h1-4,12H,5-7,15H2,(H,16,19)(H,17,18);1H. The van der Waals surface area contributed by atoms with E-state index in [9.17, 15) is 18.4 Å². The average Bonchev–Trinajstić information content (AvgIpc) is 2.42. The molecule has 0 aliphatic heterocycles. The number of hydrogen-bond acceptors (Lipinski definition) is 4. The van der Waals surface area contributed by atoms with Crippen LogP contribution in [0.1, 0.15) is 5.56 Å². The lowest BCUT2D eigenvalue weighted by atomic mass is 10.2. The highest BCUT2D eigenvalue weighted by molar-refractivity contribution is 5.85. The zero-order valence-electron chi connectivity index (χ0n) is 11.0. The summed E-state index contributed by atoms with van der Waals surface area (Å²) in [6, 6.07) is 5.97. The first-order chi connectivity index (χ1) is 9.51. The fourth-order valence-electron chi connectivity index (χ4n) is 1.35. The van der Waals surface area contributed by atoms with Crippen LogP contribution in [-0.2, 0) is 16.1 Å². The Morgan fingerprint density at radius 3 is 2.57 bits per heavy atom. The molecule has 0 atom stereocenters. The van der Waals surface area contributed by atoms with Gasteiger partial charge in [0.15, 0.2) is 0 Å². The summed E-state index contributed by atoms with van der Waals surface area (Å²) in [4.78, 5) is 22.2. The molecule has 21 heavy (non-hydrogen) atoms. The second-order valence-corrected chi connectivity index (χ2v) is 3.78. The molecule has 4 N–H and O–H groups in total. The molecule has 0 saturated carbocycles. The molecule has 2 amide bonds. The molecule has 0 radical (unpaired) electrons. The van der Waals surface area contributed by atoms with E-state index in [1.165, 1.54) is 18.2 Å². The number of nitrogens with two attached hydrogens (primary N) is 1. The van der Waals surface area contributed by atoms with Crippen LogP contribution in [0.15, 0.2) is 24.3 Å². The van der Waals surface area contributed by atoms with Crippen molar-refractivity contribution in [2.45, 2.75) is 13.2 Å². The summed E-state index contributed by atoms with van der Waals surface area (Å²) >= 11 is 0. The lowest BCUT2D eigenvalue weighted by molar-refractivity contribution is -0.125. The summed E-state index contributed by atoms with van der Waals surface area (Å²) < 4.78 is 28.3. The zero-order valence-corrected chi connectivity index (χ0v) is 11.8. The van der Waals surface area contributed by atoms with Crippen molar-refractivity contribution in [3.8, 4) is 5.75 Å². The van der Waals surface area contributed by atoms with Gasteiger partial charge in [0, 0.05) is 6.54 Å². The molecular formula is C12H16ClF2N3O3. The highest BCUT2D eigenvalue weighted by atomic mass is 35.5. The Balaban J connectivity index is 0.00000400. The Kier molecular flexibility index (Phi) is 8.98. The number of carbonyl (C=O) groups excluding carboxylic acids is 2. The Morgan fingerprint density at radius 2 is 1.95 bits per heavy atom. The number of rotatable bonds is 7. The Bertz CT molecular complexity index is 475. The SMILES string of the molecule is Cl.NCC(=O)NCC(=O)NCc1cccc(OC(F)F)c1. The fraction of sp³-hybridized carbons (Fsp3) is 0.333. The van der Waals surface area contributed by atoms with Crippen LogP contribution in [0.2, 0.25) is 0 Å². The molecule has 9 heteroatoms. The van der Waals surface area contributed by atoms with Crippen molar-refractivity contribution >= 4 is 24.2 Å². The number of carbonyl (C=O) groups is 2. The van der Waals surface area contributed by atoms with E-state index >= 15 is 0 Å². The van der Waals surface area contributed by atoms with E-state index in [0.29, 0.717) is 5.56 Å². The Hall–Kier alpha value is -1.93. The summed E-state index contributed by atoms with van der Waals surface area (Å²) in [5.41, 5.74) is 5.66. The van der Waals surface area contributed by atoms with Crippen LogP contribution >= 0.6 is 12.4 Å². The van der Waals surface area contributed by atoms with Gasteiger partial charge < -0.3 is 21.1 Å². The van der Waals surface area contributed by atoms with Crippen molar-refractivity contribution < 1.29 is 23.1 Å². The molecule has 0 aromatic heterocycles. The number of amides is 2. The normalized spacial score (nSPS) is 9.71. The van der Waals surface area contributed by atoms with E-state index < -0.39 is 18.4 Å². The summed E-state index contributed by atoms with van der Waals surface area (Å²) in [5.74, 6) is -0.831. The van der Waals surface area contributed by atoms with Crippen molar-refractivity contribution in [1.82, 2.24) is 10.6 Å². The molecule has 0 heterocycles. The molecule has 0 unspecified atom stereocenters. The van der Waals surface area contributed by atoms with Crippen LogP contribution in [0.3, 0.4) is 0 Å². The lowest BCUT2D eigenvalue weighted by Crippen LogP contribution is -2.39. The van der Waals surface area contributed by atoms with Gasteiger partial charge in [-0.25, -0.2) is 0 Å². The van der Waals surface area contributed by atoms with Crippen LogP contribution in [-0.4, -0.2) is 31.5 Å². The van der Waals surface area contributed by atoms with Crippen molar-refractivity contribution in [3.05, 3.63) is 29.8 Å². The van der Waals surface area contributed by atoms with E-state index in [1.54, 1.807) is 6.07 Å². The van der Waals surface area contributed by atoms with E-state index in [2.05, 4.69) is 15.4 Å². The van der Waals surface area contributed by atoms with E-state index in [1.807, 2.05) is 0 Å². The first-order valence-electron chi connectivity index (χ1n) is 5.78. The van der Waals surface area contributed by atoms with Gasteiger partial charge >= 0.3 is 6.61 Å². The largest absolute Gasteiger partial charge is 0.435 e. The van der Waals surface area contributed by atoms with Gasteiger partial charge in [-0.05, 0) is 17.7 Å². The number of hydrogen-bond donors (Lipinski definition) is 3. The molecule has 118 valence electrons. The smallest absolute Gasteiger partial charge is 0.387 e. The average molecular weight is 324 g/mol. The third-order valence-corrected chi connectivity index (χ3v) is 2.24. The van der Waals surface area contributed by atoms with Gasteiger partial charge in [-0.2, -0.15) is 8.78 Å². The van der Waals surface area contributed by atoms with Crippen molar-refractivity contribution in [2.24, 2.45) is 5.73 Å². The highest BCUT2D eigenvalue weighted by Crippen LogP contribution is 2.15. The molecule has 0 saturated heterocycles. The van der Waals surface area contributed by atoms with Gasteiger partial charge in [0.05, 0.1) is 13.1 Å². The number of halogens is 3. The molecule has 1 rings (SSSR count). The molecular weight excluding hydrogens is 308 g/mol. The third-order valence-electron chi connectivity index (χ3n) is 2.24. The predicted molar refractivity (Wildman–Crippen MR) is 74.2 cm³/mol. The highest BCUT2D eigenvalue weighted by Gasteiger charge is 2.06. The maximum Gasteiger partial charge on any atom is 0.387 e. The minimum atomic E-state index is -2.90. The quantitative estimate of drug-likeness (QED) is 0.677. The van der Waals surface area contributed by atoms with Crippen LogP contribution < -0.4 is 21.1 Å².